The highest BCUT2D eigenvalue weighted by Crippen LogP contribution is 2.35. The number of aromatic hydroxyl groups is 1. The standard InChI is InChI=1S/C23H24ClF2N3O3/c1-13-8-14(23(2,25)26)9-19-16(13)10-15(28(19)3)11-17-18(24)12-27-20(21(17)30)22(31)29-4-6-32-7-5-29/h8-10,12,30H,4-7,11H2,1-3H3. The Balaban J connectivity index is 1.73. The second-order valence-corrected chi connectivity index (χ2v) is 8.58. The van der Waals surface area contributed by atoms with Crippen LogP contribution in [0.3, 0.4) is 0 Å². The highest BCUT2D eigenvalue weighted by Gasteiger charge is 2.27. The van der Waals surface area contributed by atoms with Crippen LogP contribution in [-0.2, 0) is 24.1 Å². The molecule has 3 heterocycles. The third-order valence-corrected chi connectivity index (χ3v) is 6.26. The zero-order chi connectivity index (χ0) is 23.2. The monoisotopic (exact) mass is 463 g/mol. The third kappa shape index (κ3) is 4.04. The molecule has 1 aromatic carbocycles. The Kier molecular flexibility index (Phi) is 5.85. The summed E-state index contributed by atoms with van der Waals surface area (Å²) < 4.78 is 34.9. The van der Waals surface area contributed by atoms with E-state index in [9.17, 15) is 18.7 Å². The molecule has 9 heteroatoms. The van der Waals surface area contributed by atoms with Gasteiger partial charge in [-0.2, -0.15) is 0 Å². The van der Waals surface area contributed by atoms with Gasteiger partial charge in [-0.3, -0.25) is 4.79 Å². The first-order chi connectivity index (χ1) is 15.1. The van der Waals surface area contributed by atoms with Crippen LogP contribution in [0.5, 0.6) is 5.75 Å². The number of morpholine rings is 1. The molecule has 0 unspecified atom stereocenters. The number of ether oxygens (including phenoxy) is 1. The maximum absolute atomic E-state index is 13.9. The lowest BCUT2D eigenvalue weighted by Gasteiger charge is -2.27. The molecule has 0 saturated carbocycles. The first kappa shape index (κ1) is 22.5. The Morgan fingerprint density at radius 3 is 2.62 bits per heavy atom. The number of nitrogens with zero attached hydrogens (tertiary/aromatic N) is 3. The number of hydrogen-bond acceptors (Lipinski definition) is 4. The maximum atomic E-state index is 13.9. The number of fused-ring (bicyclic) bond motifs is 1. The summed E-state index contributed by atoms with van der Waals surface area (Å²) in [5, 5.41) is 11.9. The lowest BCUT2D eigenvalue weighted by molar-refractivity contribution is 0.0175. The van der Waals surface area contributed by atoms with Crippen molar-refractivity contribution in [3.63, 3.8) is 0 Å². The van der Waals surface area contributed by atoms with Crippen molar-refractivity contribution in [3.05, 3.63) is 57.5 Å². The number of pyridine rings is 1. The van der Waals surface area contributed by atoms with Gasteiger partial charge in [0.05, 0.1) is 18.2 Å². The van der Waals surface area contributed by atoms with Crippen LogP contribution in [0.1, 0.15) is 39.8 Å². The second-order valence-electron chi connectivity index (χ2n) is 8.17. The average molecular weight is 464 g/mol. The van der Waals surface area contributed by atoms with Crippen molar-refractivity contribution < 1.29 is 23.4 Å². The van der Waals surface area contributed by atoms with E-state index in [2.05, 4.69) is 4.98 Å². The number of halogens is 3. The highest BCUT2D eigenvalue weighted by molar-refractivity contribution is 6.31. The summed E-state index contributed by atoms with van der Waals surface area (Å²) in [6.45, 7) is 4.37. The minimum absolute atomic E-state index is 0.0570. The van der Waals surface area contributed by atoms with E-state index in [0.717, 1.165) is 23.6 Å². The molecule has 0 bridgehead atoms. The molecule has 170 valence electrons. The number of carbonyl (C=O) groups excluding carboxylic acids is 1. The van der Waals surface area contributed by atoms with Gasteiger partial charge >= 0.3 is 0 Å². The van der Waals surface area contributed by atoms with Crippen LogP contribution in [0.25, 0.3) is 10.9 Å². The van der Waals surface area contributed by atoms with Gasteiger partial charge in [-0.25, -0.2) is 13.8 Å². The van der Waals surface area contributed by atoms with Crippen molar-refractivity contribution in [1.82, 2.24) is 14.5 Å². The SMILES string of the molecule is Cc1cc(C(C)(F)F)cc2c1cc(Cc1c(Cl)cnc(C(=O)N3CCOCC3)c1O)n2C. The summed E-state index contributed by atoms with van der Waals surface area (Å²) in [4.78, 5) is 18.5. The molecule has 3 aromatic rings. The highest BCUT2D eigenvalue weighted by atomic mass is 35.5. The summed E-state index contributed by atoms with van der Waals surface area (Å²) in [6, 6.07) is 4.86. The van der Waals surface area contributed by atoms with Gasteiger partial charge in [0.25, 0.3) is 11.8 Å². The van der Waals surface area contributed by atoms with Crippen molar-refractivity contribution >= 4 is 28.4 Å². The second kappa shape index (κ2) is 8.33. The van der Waals surface area contributed by atoms with E-state index >= 15 is 0 Å². The molecule has 2 aromatic heterocycles. The lowest BCUT2D eigenvalue weighted by atomic mass is 10.0. The van der Waals surface area contributed by atoms with Crippen LogP contribution in [0.2, 0.25) is 5.02 Å². The fourth-order valence-electron chi connectivity index (χ4n) is 4.02. The summed E-state index contributed by atoms with van der Waals surface area (Å²) in [7, 11) is 1.78. The molecule has 1 aliphatic heterocycles. The smallest absolute Gasteiger partial charge is 0.276 e. The van der Waals surface area contributed by atoms with E-state index in [1.165, 1.54) is 18.3 Å². The predicted octanol–water partition coefficient (Wildman–Crippen LogP) is 4.42. The Labute approximate surface area is 189 Å². The Hall–Kier alpha value is -2.71. The molecule has 1 fully saturated rings. The van der Waals surface area contributed by atoms with Gasteiger partial charge < -0.3 is 19.3 Å². The molecule has 32 heavy (non-hydrogen) atoms. The molecular formula is C23H24ClF2N3O3. The van der Waals surface area contributed by atoms with Crippen LogP contribution in [0.15, 0.2) is 24.4 Å². The number of aromatic nitrogens is 2. The number of benzene rings is 1. The Bertz CT molecular complexity index is 1200. The zero-order valence-electron chi connectivity index (χ0n) is 18.1. The molecule has 0 spiro atoms. The van der Waals surface area contributed by atoms with Gasteiger partial charge in [-0.05, 0) is 30.7 Å². The number of alkyl halides is 2. The summed E-state index contributed by atoms with van der Waals surface area (Å²) >= 11 is 6.33. The van der Waals surface area contributed by atoms with Gasteiger partial charge in [-0.15, -0.1) is 0 Å². The quantitative estimate of drug-likeness (QED) is 0.622. The van der Waals surface area contributed by atoms with E-state index in [-0.39, 0.29) is 34.4 Å². The van der Waals surface area contributed by atoms with Crippen LogP contribution in [0, 0.1) is 6.92 Å². The lowest BCUT2D eigenvalue weighted by Crippen LogP contribution is -2.41. The summed E-state index contributed by atoms with van der Waals surface area (Å²) in [6.07, 6.45) is 1.56. The normalized spacial score (nSPS) is 14.9. The van der Waals surface area contributed by atoms with Crippen molar-refractivity contribution in [1.29, 1.82) is 0 Å². The van der Waals surface area contributed by atoms with Crippen molar-refractivity contribution in [2.75, 3.05) is 26.3 Å². The Morgan fingerprint density at radius 2 is 1.97 bits per heavy atom. The molecule has 1 saturated heterocycles. The van der Waals surface area contributed by atoms with E-state index < -0.39 is 5.92 Å². The minimum Gasteiger partial charge on any atom is -0.505 e. The van der Waals surface area contributed by atoms with E-state index in [1.807, 2.05) is 6.07 Å². The molecular weight excluding hydrogens is 440 g/mol. The Morgan fingerprint density at radius 1 is 1.28 bits per heavy atom. The average Bonchev–Trinajstić information content (AvgIpc) is 3.07. The maximum Gasteiger partial charge on any atom is 0.276 e. The van der Waals surface area contributed by atoms with E-state index in [4.69, 9.17) is 16.3 Å². The van der Waals surface area contributed by atoms with Crippen LogP contribution >= 0.6 is 11.6 Å². The minimum atomic E-state index is -2.95. The van der Waals surface area contributed by atoms with Gasteiger partial charge in [0.2, 0.25) is 0 Å². The largest absolute Gasteiger partial charge is 0.505 e. The molecule has 1 N–H and O–H groups in total. The number of hydrogen-bond donors (Lipinski definition) is 1. The number of carbonyl (C=O) groups is 1. The molecule has 1 aliphatic rings. The van der Waals surface area contributed by atoms with Gasteiger partial charge in [0.1, 0.15) is 0 Å². The van der Waals surface area contributed by atoms with Crippen molar-refractivity contribution in [3.8, 4) is 5.75 Å². The van der Waals surface area contributed by atoms with Gasteiger partial charge in [0.15, 0.2) is 11.4 Å². The van der Waals surface area contributed by atoms with Gasteiger partial charge in [0, 0.05) is 67.4 Å². The van der Waals surface area contributed by atoms with E-state index in [1.54, 1.807) is 23.4 Å². The topological polar surface area (TPSA) is 67.6 Å². The summed E-state index contributed by atoms with van der Waals surface area (Å²) in [5.74, 6) is -3.60. The predicted molar refractivity (Wildman–Crippen MR) is 118 cm³/mol. The molecule has 0 atom stereocenters. The van der Waals surface area contributed by atoms with Crippen molar-refractivity contribution in [2.24, 2.45) is 7.05 Å². The fraction of sp³-hybridized carbons (Fsp3) is 0.391. The first-order valence-electron chi connectivity index (χ1n) is 10.3. The van der Waals surface area contributed by atoms with E-state index in [0.29, 0.717) is 37.4 Å². The molecule has 4 rings (SSSR count). The molecule has 1 amide bonds. The van der Waals surface area contributed by atoms with Crippen LogP contribution in [0.4, 0.5) is 8.78 Å². The molecule has 0 aliphatic carbocycles. The zero-order valence-corrected chi connectivity index (χ0v) is 18.8. The number of amides is 1. The van der Waals surface area contributed by atoms with Crippen LogP contribution < -0.4 is 0 Å². The fourth-order valence-corrected chi connectivity index (χ4v) is 4.23. The molecule has 0 radical (unpaired) electrons. The molecule has 6 nitrogen and oxygen atoms in total. The first-order valence-corrected chi connectivity index (χ1v) is 10.7. The number of rotatable bonds is 4. The number of aryl methyl sites for hydroxylation is 2. The van der Waals surface area contributed by atoms with Crippen LogP contribution in [-0.4, -0.2) is 51.8 Å². The summed E-state index contributed by atoms with van der Waals surface area (Å²) in [5.41, 5.74) is 2.39. The van der Waals surface area contributed by atoms with Gasteiger partial charge in [-0.1, -0.05) is 11.6 Å². The van der Waals surface area contributed by atoms with Crippen molar-refractivity contribution in [2.45, 2.75) is 26.2 Å². The third-order valence-electron chi connectivity index (χ3n) is 5.94.